The zero-order chi connectivity index (χ0) is 14.9. The van der Waals surface area contributed by atoms with Crippen molar-refractivity contribution in [3.63, 3.8) is 0 Å². The van der Waals surface area contributed by atoms with Gasteiger partial charge in [-0.1, -0.05) is 0 Å². The largest absolute Gasteiger partial charge is 0.373 e. The van der Waals surface area contributed by atoms with Crippen LogP contribution in [0, 0.1) is 21.7 Å². The van der Waals surface area contributed by atoms with Crippen LogP contribution in [-0.4, -0.2) is 17.0 Å². The number of nitro groups is 1. The molecule has 5 nitrogen and oxygen atoms in total. The average Bonchev–Trinajstić information content (AvgIpc) is 2.43. The Morgan fingerprint density at radius 2 is 2.00 bits per heavy atom. The fourth-order valence-corrected chi connectivity index (χ4v) is 2.00. The Kier molecular flexibility index (Phi) is 3.93. The second kappa shape index (κ2) is 5.49. The molecule has 0 atom stereocenters. The molecular formula is C12H8BrF2N3O2. The molecule has 0 aliphatic rings. The van der Waals surface area contributed by atoms with Crippen molar-refractivity contribution >= 4 is 27.4 Å². The molecule has 0 saturated heterocycles. The lowest BCUT2D eigenvalue weighted by molar-refractivity contribution is -0.384. The van der Waals surface area contributed by atoms with Crippen LogP contribution in [0.4, 0.5) is 20.3 Å². The minimum atomic E-state index is -0.936. The third kappa shape index (κ3) is 2.46. The second-order valence-electron chi connectivity index (χ2n) is 3.79. The van der Waals surface area contributed by atoms with E-state index < -0.39 is 27.8 Å². The number of anilines is 1. The normalized spacial score (nSPS) is 10.4. The van der Waals surface area contributed by atoms with Gasteiger partial charge in [0.15, 0.2) is 5.69 Å². The molecule has 0 aliphatic carbocycles. The Bertz CT molecular complexity index is 695. The van der Waals surface area contributed by atoms with Crippen LogP contribution in [0.5, 0.6) is 0 Å². The van der Waals surface area contributed by atoms with Crippen LogP contribution < -0.4 is 5.32 Å². The molecule has 0 radical (unpaired) electrons. The van der Waals surface area contributed by atoms with Gasteiger partial charge in [-0.25, -0.2) is 13.8 Å². The first-order chi connectivity index (χ1) is 9.45. The topological polar surface area (TPSA) is 68.1 Å². The molecule has 0 aliphatic heterocycles. The molecule has 0 unspecified atom stereocenters. The maximum Gasteiger partial charge on any atom is 0.295 e. The van der Waals surface area contributed by atoms with Crippen molar-refractivity contribution in [2.24, 2.45) is 0 Å². The van der Waals surface area contributed by atoms with Crippen molar-refractivity contribution in [2.75, 3.05) is 12.4 Å². The van der Waals surface area contributed by atoms with Crippen LogP contribution in [0.1, 0.15) is 0 Å². The summed E-state index contributed by atoms with van der Waals surface area (Å²) in [5.74, 6) is -1.59. The first-order valence-corrected chi connectivity index (χ1v) is 6.22. The fourth-order valence-electron chi connectivity index (χ4n) is 1.67. The summed E-state index contributed by atoms with van der Waals surface area (Å²) < 4.78 is 27.9. The zero-order valence-electron chi connectivity index (χ0n) is 10.2. The van der Waals surface area contributed by atoms with E-state index in [-0.39, 0.29) is 16.0 Å². The number of pyridine rings is 1. The molecule has 0 amide bonds. The maximum atomic E-state index is 14.1. The molecule has 2 aromatic rings. The van der Waals surface area contributed by atoms with Gasteiger partial charge in [-0.05, 0) is 34.1 Å². The van der Waals surface area contributed by atoms with Crippen molar-refractivity contribution in [3.05, 3.63) is 50.5 Å². The van der Waals surface area contributed by atoms with E-state index in [1.165, 1.54) is 12.1 Å². The minimum Gasteiger partial charge on any atom is -0.373 e. The molecule has 1 N–H and O–H groups in total. The second-order valence-corrected chi connectivity index (χ2v) is 4.64. The Hall–Kier alpha value is -2.09. The Morgan fingerprint density at radius 1 is 1.30 bits per heavy atom. The van der Waals surface area contributed by atoms with E-state index in [4.69, 9.17) is 0 Å². The monoisotopic (exact) mass is 343 g/mol. The molecule has 1 aromatic heterocycles. The highest BCUT2D eigenvalue weighted by Crippen LogP contribution is 2.35. The van der Waals surface area contributed by atoms with E-state index in [0.29, 0.717) is 0 Å². The van der Waals surface area contributed by atoms with Crippen molar-refractivity contribution in [1.82, 2.24) is 4.98 Å². The quantitative estimate of drug-likeness (QED) is 0.523. The number of hydrogen-bond acceptors (Lipinski definition) is 4. The van der Waals surface area contributed by atoms with Crippen molar-refractivity contribution in [3.8, 4) is 11.3 Å². The van der Waals surface area contributed by atoms with Gasteiger partial charge in [0.2, 0.25) is 0 Å². The van der Waals surface area contributed by atoms with Gasteiger partial charge in [0.1, 0.15) is 17.5 Å². The molecule has 1 aromatic carbocycles. The summed E-state index contributed by atoms with van der Waals surface area (Å²) >= 11 is 2.92. The first-order valence-electron chi connectivity index (χ1n) is 5.42. The van der Waals surface area contributed by atoms with Gasteiger partial charge >= 0.3 is 0 Å². The predicted octanol–water partition coefficient (Wildman–Crippen LogP) is 3.74. The van der Waals surface area contributed by atoms with Crippen LogP contribution in [-0.2, 0) is 0 Å². The van der Waals surface area contributed by atoms with Crippen molar-refractivity contribution in [1.29, 1.82) is 0 Å². The summed E-state index contributed by atoms with van der Waals surface area (Å²) in [7, 11) is 1.55. The maximum absolute atomic E-state index is 14.1. The van der Waals surface area contributed by atoms with E-state index in [1.807, 2.05) is 0 Å². The van der Waals surface area contributed by atoms with Gasteiger partial charge in [-0.3, -0.25) is 10.1 Å². The molecule has 0 fully saturated rings. The van der Waals surface area contributed by atoms with E-state index in [2.05, 4.69) is 26.2 Å². The summed E-state index contributed by atoms with van der Waals surface area (Å²) in [6, 6.07) is 4.70. The van der Waals surface area contributed by atoms with E-state index in [9.17, 15) is 18.9 Å². The summed E-state index contributed by atoms with van der Waals surface area (Å²) in [6.07, 6.45) is 0. The molecule has 0 spiro atoms. The van der Waals surface area contributed by atoms with E-state index >= 15 is 0 Å². The number of halogens is 3. The first kappa shape index (κ1) is 14.3. The lowest BCUT2D eigenvalue weighted by atomic mass is 10.1. The lowest BCUT2D eigenvalue weighted by Crippen LogP contribution is -2.02. The molecule has 104 valence electrons. The Morgan fingerprint density at radius 3 is 2.60 bits per heavy atom. The molecule has 0 saturated carbocycles. The third-order valence-corrected chi connectivity index (χ3v) is 3.22. The Labute approximate surface area is 120 Å². The number of rotatable bonds is 3. The van der Waals surface area contributed by atoms with Crippen LogP contribution in [0.2, 0.25) is 0 Å². The summed E-state index contributed by atoms with van der Waals surface area (Å²) in [5.41, 5.74) is -1.37. The smallest absolute Gasteiger partial charge is 0.295 e. The van der Waals surface area contributed by atoms with Crippen LogP contribution >= 0.6 is 15.9 Å². The van der Waals surface area contributed by atoms with Crippen LogP contribution in [0.25, 0.3) is 11.3 Å². The van der Waals surface area contributed by atoms with Gasteiger partial charge in [0.25, 0.3) is 5.69 Å². The molecule has 0 bridgehead atoms. The summed E-state index contributed by atoms with van der Waals surface area (Å²) in [5, 5.41) is 13.7. The van der Waals surface area contributed by atoms with Crippen molar-refractivity contribution < 1.29 is 13.7 Å². The van der Waals surface area contributed by atoms with Crippen LogP contribution in [0.15, 0.2) is 28.7 Å². The molecule has 1 heterocycles. The van der Waals surface area contributed by atoms with Gasteiger partial charge in [0.05, 0.1) is 15.0 Å². The van der Waals surface area contributed by atoms with Gasteiger partial charge < -0.3 is 5.32 Å². The summed E-state index contributed by atoms with van der Waals surface area (Å²) in [4.78, 5) is 14.1. The molecule has 8 heteroatoms. The highest BCUT2D eigenvalue weighted by atomic mass is 79.9. The van der Waals surface area contributed by atoms with Gasteiger partial charge in [-0.2, -0.15) is 0 Å². The molecule has 20 heavy (non-hydrogen) atoms. The summed E-state index contributed by atoms with van der Waals surface area (Å²) in [6.45, 7) is 0. The van der Waals surface area contributed by atoms with E-state index in [0.717, 1.165) is 12.1 Å². The fraction of sp³-hybridized carbons (Fsp3) is 0.0833. The number of benzene rings is 1. The lowest BCUT2D eigenvalue weighted by Gasteiger charge is -2.08. The van der Waals surface area contributed by atoms with Gasteiger partial charge in [-0.15, -0.1) is 0 Å². The highest BCUT2D eigenvalue weighted by molar-refractivity contribution is 9.10. The SMILES string of the molecule is CNc1ccc([N+](=O)[O-])c(-c2c(F)ccc(Br)c2F)n1. The minimum absolute atomic E-state index is 0.000131. The standard InChI is InChI=1S/C12H8BrF2N3O2/c1-16-9-5-4-8(18(19)20)12(17-9)10-7(14)3-2-6(13)11(10)15/h2-5H,1H3,(H,16,17). The van der Waals surface area contributed by atoms with Crippen molar-refractivity contribution in [2.45, 2.75) is 0 Å². The number of hydrogen-bond donors (Lipinski definition) is 1. The Balaban J connectivity index is 2.80. The highest BCUT2D eigenvalue weighted by Gasteiger charge is 2.24. The zero-order valence-corrected chi connectivity index (χ0v) is 11.7. The number of nitrogens with zero attached hydrogens (tertiary/aromatic N) is 2. The molecule has 2 rings (SSSR count). The number of nitrogens with one attached hydrogen (secondary N) is 1. The number of aromatic nitrogens is 1. The van der Waals surface area contributed by atoms with Gasteiger partial charge in [0, 0.05) is 13.1 Å². The van der Waals surface area contributed by atoms with Crippen LogP contribution in [0.3, 0.4) is 0 Å². The average molecular weight is 344 g/mol. The predicted molar refractivity (Wildman–Crippen MR) is 73.5 cm³/mol. The van der Waals surface area contributed by atoms with E-state index in [1.54, 1.807) is 7.05 Å². The molecular weight excluding hydrogens is 336 g/mol. The third-order valence-electron chi connectivity index (χ3n) is 2.61.